The van der Waals surface area contributed by atoms with Crippen molar-refractivity contribution in [1.82, 2.24) is 9.13 Å². The maximum atomic E-state index is 11.4. The molecule has 0 radical (unpaired) electrons. The molecule has 0 spiro atoms. The Kier molecular flexibility index (Phi) is 7.08. The molecule has 0 aliphatic carbocycles. The van der Waals surface area contributed by atoms with Gasteiger partial charge in [-0.15, -0.1) is 22.7 Å². The number of hydrogen-bond acceptors (Lipinski definition) is 4. The van der Waals surface area contributed by atoms with Gasteiger partial charge in [0.25, 0.3) is 0 Å². The van der Waals surface area contributed by atoms with Gasteiger partial charge >= 0.3 is 0 Å². The number of rotatable bonds is 4. The van der Waals surface area contributed by atoms with Crippen LogP contribution < -0.4 is 0 Å². The molecule has 0 amide bonds. The van der Waals surface area contributed by atoms with E-state index in [-0.39, 0.29) is 11.8 Å². The number of benzene rings is 7. The standard InChI is InChI=1S/C50H34N4S2/c1-27(2)43-33(25-51)49(53-35-17-9-5-13-29(35)45-37(53)21-23-41-47(45)31-15-7-11-19-39(31)55-41)44(28(3)4)50(34(43)26-52)54-36-18-10-6-14-30(36)46-38(54)22-24-42-48(46)32-16-8-12-20-40(32)56-42/h5-24,27-28H,1-4H3. The van der Waals surface area contributed by atoms with Gasteiger partial charge in [-0.25, -0.2) is 0 Å². The van der Waals surface area contributed by atoms with E-state index in [0.29, 0.717) is 11.1 Å². The minimum absolute atomic E-state index is 0.0516. The molecule has 6 heteroatoms. The van der Waals surface area contributed by atoms with Gasteiger partial charge < -0.3 is 9.13 Å². The van der Waals surface area contributed by atoms with Gasteiger partial charge in [-0.3, -0.25) is 0 Å². The molecule has 266 valence electrons. The molecule has 0 bridgehead atoms. The fourth-order valence-corrected chi connectivity index (χ4v) is 11.8. The van der Waals surface area contributed by atoms with Crippen molar-refractivity contribution in [2.24, 2.45) is 0 Å². The summed E-state index contributed by atoms with van der Waals surface area (Å²) in [7, 11) is 0. The molecule has 0 atom stereocenters. The normalized spacial score (nSPS) is 12.2. The molecule has 4 aromatic heterocycles. The van der Waals surface area contributed by atoms with Crippen LogP contribution in [-0.4, -0.2) is 9.13 Å². The minimum atomic E-state index is -0.0979. The third-order valence-corrected chi connectivity index (χ3v) is 14.0. The number of para-hydroxylation sites is 2. The van der Waals surface area contributed by atoms with Gasteiger partial charge in [-0.2, -0.15) is 10.5 Å². The lowest BCUT2D eigenvalue weighted by Crippen LogP contribution is -2.16. The average molecular weight is 755 g/mol. The van der Waals surface area contributed by atoms with E-state index in [4.69, 9.17) is 0 Å². The lowest BCUT2D eigenvalue weighted by molar-refractivity contribution is 0.815. The Hall–Kier alpha value is -6.44. The zero-order valence-electron chi connectivity index (χ0n) is 31.3. The second kappa shape index (κ2) is 12.0. The summed E-state index contributed by atoms with van der Waals surface area (Å²) in [5.74, 6) is -0.150. The third-order valence-electron chi connectivity index (χ3n) is 11.7. The molecule has 0 aliphatic heterocycles. The first-order valence-corrected chi connectivity index (χ1v) is 20.8. The Bertz CT molecular complexity index is 3350. The fourth-order valence-electron chi connectivity index (χ4n) is 9.61. The van der Waals surface area contributed by atoms with Crippen molar-refractivity contribution < 1.29 is 0 Å². The summed E-state index contributed by atoms with van der Waals surface area (Å²) in [6.07, 6.45) is 0. The van der Waals surface area contributed by atoms with Crippen LogP contribution in [0, 0.1) is 22.7 Å². The lowest BCUT2D eigenvalue weighted by atomic mass is 9.84. The van der Waals surface area contributed by atoms with E-state index in [1.54, 1.807) is 0 Å². The Morgan fingerprint density at radius 3 is 1.21 bits per heavy atom. The van der Waals surface area contributed by atoms with E-state index in [1.807, 2.05) is 22.7 Å². The number of nitrogens with zero attached hydrogens (tertiary/aromatic N) is 4. The second-order valence-electron chi connectivity index (χ2n) is 15.4. The molecule has 0 fully saturated rings. The van der Waals surface area contributed by atoms with Crippen LogP contribution in [0.2, 0.25) is 0 Å². The van der Waals surface area contributed by atoms with E-state index < -0.39 is 0 Å². The number of fused-ring (bicyclic) bond motifs is 14. The van der Waals surface area contributed by atoms with Crippen molar-refractivity contribution in [3.8, 4) is 23.5 Å². The van der Waals surface area contributed by atoms with Crippen molar-refractivity contribution >= 4 is 107 Å². The summed E-state index contributed by atoms with van der Waals surface area (Å²) in [6.45, 7) is 8.63. The number of nitriles is 2. The first kappa shape index (κ1) is 32.9. The number of aromatic nitrogens is 2. The molecule has 56 heavy (non-hydrogen) atoms. The Morgan fingerprint density at radius 1 is 0.411 bits per heavy atom. The number of thiophene rings is 2. The van der Waals surface area contributed by atoms with Crippen molar-refractivity contribution in [2.45, 2.75) is 39.5 Å². The summed E-state index contributed by atoms with van der Waals surface area (Å²) in [5.41, 5.74) is 8.81. The van der Waals surface area contributed by atoms with Crippen LogP contribution in [0.3, 0.4) is 0 Å². The van der Waals surface area contributed by atoms with Gasteiger partial charge in [0.15, 0.2) is 0 Å². The van der Waals surface area contributed by atoms with Gasteiger partial charge in [0.1, 0.15) is 12.1 Å². The lowest BCUT2D eigenvalue weighted by Gasteiger charge is -2.27. The van der Waals surface area contributed by atoms with Crippen LogP contribution in [0.4, 0.5) is 0 Å². The Balaban J connectivity index is 1.39. The summed E-state index contributed by atoms with van der Waals surface area (Å²) >= 11 is 3.64. The topological polar surface area (TPSA) is 57.4 Å². The van der Waals surface area contributed by atoms with Crippen LogP contribution in [0.1, 0.15) is 61.8 Å². The van der Waals surface area contributed by atoms with Gasteiger partial charge in [-0.1, -0.05) is 100 Å². The SMILES string of the molecule is CC(C)c1c(C#N)c(-n2c3ccccc3c3c4c(ccc32)sc2ccccc24)c(C(C)C)c(-n2c3ccccc3c3c4c(ccc32)sc2ccccc24)c1C#N. The first-order chi connectivity index (χ1) is 27.4. The van der Waals surface area contributed by atoms with E-state index in [9.17, 15) is 10.5 Å². The molecule has 7 aromatic carbocycles. The Labute approximate surface area is 331 Å². The van der Waals surface area contributed by atoms with E-state index in [0.717, 1.165) is 55.3 Å². The fraction of sp³-hybridized carbons (Fsp3) is 0.120. The number of hydrogen-bond donors (Lipinski definition) is 0. The second-order valence-corrected chi connectivity index (χ2v) is 17.5. The van der Waals surface area contributed by atoms with Crippen LogP contribution in [0.5, 0.6) is 0 Å². The van der Waals surface area contributed by atoms with Gasteiger partial charge in [0.2, 0.25) is 0 Å². The summed E-state index contributed by atoms with van der Waals surface area (Å²) < 4.78 is 9.70. The van der Waals surface area contributed by atoms with E-state index in [2.05, 4.69) is 170 Å². The molecule has 4 nitrogen and oxygen atoms in total. The summed E-state index contributed by atoms with van der Waals surface area (Å²) in [5, 5.41) is 32.4. The quantitative estimate of drug-likeness (QED) is 0.180. The predicted molar refractivity (Wildman–Crippen MR) is 239 cm³/mol. The summed E-state index contributed by atoms with van der Waals surface area (Å²) in [4.78, 5) is 0. The zero-order valence-corrected chi connectivity index (χ0v) is 32.9. The molecular formula is C50H34N4S2. The van der Waals surface area contributed by atoms with Crippen LogP contribution in [-0.2, 0) is 0 Å². The van der Waals surface area contributed by atoms with Crippen LogP contribution in [0.15, 0.2) is 121 Å². The average Bonchev–Trinajstić information content (AvgIpc) is 3.96. The molecule has 0 N–H and O–H groups in total. The highest BCUT2D eigenvalue weighted by Crippen LogP contribution is 2.50. The molecular weight excluding hydrogens is 721 g/mol. The van der Waals surface area contributed by atoms with Crippen molar-refractivity contribution in [1.29, 1.82) is 10.5 Å². The molecule has 0 aliphatic rings. The highest BCUT2D eigenvalue weighted by atomic mass is 32.1. The largest absolute Gasteiger partial charge is 0.308 e. The molecule has 0 unspecified atom stereocenters. The maximum Gasteiger partial charge on any atom is 0.102 e. The summed E-state index contributed by atoms with van der Waals surface area (Å²) in [6, 6.07) is 49.0. The van der Waals surface area contributed by atoms with Crippen LogP contribution in [0.25, 0.3) is 95.3 Å². The van der Waals surface area contributed by atoms with Crippen molar-refractivity contribution in [3.05, 3.63) is 144 Å². The third kappa shape index (κ3) is 4.26. The zero-order chi connectivity index (χ0) is 38.0. The predicted octanol–water partition coefficient (Wildman–Crippen LogP) is 14.6. The molecule has 11 rings (SSSR count). The molecule has 0 saturated heterocycles. The Morgan fingerprint density at radius 2 is 0.804 bits per heavy atom. The van der Waals surface area contributed by atoms with E-state index >= 15 is 0 Å². The van der Waals surface area contributed by atoms with Gasteiger partial charge in [0, 0.05) is 67.5 Å². The molecule has 11 aromatic rings. The highest BCUT2D eigenvalue weighted by Gasteiger charge is 2.32. The van der Waals surface area contributed by atoms with Gasteiger partial charge in [-0.05, 0) is 65.9 Å². The van der Waals surface area contributed by atoms with Crippen molar-refractivity contribution in [2.75, 3.05) is 0 Å². The monoisotopic (exact) mass is 754 g/mol. The first-order valence-electron chi connectivity index (χ1n) is 19.1. The maximum absolute atomic E-state index is 11.4. The molecule has 4 heterocycles. The highest BCUT2D eigenvalue weighted by molar-refractivity contribution is 7.26. The smallest absolute Gasteiger partial charge is 0.102 e. The molecule has 0 saturated carbocycles. The van der Waals surface area contributed by atoms with Crippen molar-refractivity contribution in [3.63, 3.8) is 0 Å². The van der Waals surface area contributed by atoms with Gasteiger partial charge in [0.05, 0.1) is 44.6 Å². The van der Waals surface area contributed by atoms with E-state index in [1.165, 1.54) is 51.1 Å². The van der Waals surface area contributed by atoms with Crippen LogP contribution >= 0.6 is 22.7 Å². The minimum Gasteiger partial charge on any atom is -0.308 e.